The van der Waals surface area contributed by atoms with Crippen molar-refractivity contribution in [2.75, 3.05) is 40.0 Å². The first-order chi connectivity index (χ1) is 18.2. The summed E-state index contributed by atoms with van der Waals surface area (Å²) in [5.74, 6) is 0.637. The Morgan fingerprint density at radius 3 is 2.34 bits per heavy atom. The Morgan fingerprint density at radius 1 is 1.05 bits per heavy atom. The number of benzene rings is 2. The van der Waals surface area contributed by atoms with E-state index in [1.54, 1.807) is 42.3 Å². The van der Waals surface area contributed by atoms with Crippen molar-refractivity contribution in [1.29, 1.82) is 0 Å². The van der Waals surface area contributed by atoms with E-state index in [1.807, 2.05) is 30.3 Å². The Morgan fingerprint density at radius 2 is 1.71 bits per heavy atom. The van der Waals surface area contributed by atoms with E-state index < -0.39 is 15.6 Å². The minimum atomic E-state index is -3.70. The molecule has 1 amide bonds. The number of sulfonamides is 1. The third-order valence-corrected chi connectivity index (χ3v) is 10.1. The van der Waals surface area contributed by atoms with Crippen molar-refractivity contribution < 1.29 is 27.8 Å². The van der Waals surface area contributed by atoms with Gasteiger partial charge in [0.05, 0.1) is 37.2 Å². The molecule has 9 heteroatoms. The summed E-state index contributed by atoms with van der Waals surface area (Å²) in [5.41, 5.74) is 1.32. The molecule has 208 valence electrons. The summed E-state index contributed by atoms with van der Waals surface area (Å²) in [5, 5.41) is 11.0. The Balaban J connectivity index is 1.30. The quantitative estimate of drug-likeness (QED) is 0.483. The van der Waals surface area contributed by atoms with Gasteiger partial charge in [-0.15, -0.1) is 0 Å². The predicted octanol–water partition coefficient (Wildman–Crippen LogP) is 3.77. The lowest BCUT2D eigenvalue weighted by atomic mass is 9.84. The zero-order valence-electron chi connectivity index (χ0n) is 22.7. The maximum atomic E-state index is 13.7. The summed E-state index contributed by atoms with van der Waals surface area (Å²) in [4.78, 5) is 14.9. The van der Waals surface area contributed by atoms with E-state index in [1.165, 1.54) is 0 Å². The van der Waals surface area contributed by atoms with E-state index in [9.17, 15) is 18.3 Å². The second kappa shape index (κ2) is 12.2. The lowest BCUT2D eigenvalue weighted by Crippen LogP contribution is -2.47. The average Bonchev–Trinajstić information content (AvgIpc) is 2.91. The number of rotatable bonds is 9. The van der Waals surface area contributed by atoms with Crippen molar-refractivity contribution in [3.05, 3.63) is 59.2 Å². The molecule has 2 saturated heterocycles. The van der Waals surface area contributed by atoms with Crippen LogP contribution in [0.1, 0.15) is 55.2 Å². The van der Waals surface area contributed by atoms with Gasteiger partial charge in [-0.2, -0.15) is 4.31 Å². The molecule has 0 radical (unpaired) electrons. The van der Waals surface area contributed by atoms with Gasteiger partial charge in [0.15, 0.2) is 0 Å². The molecule has 0 saturated carbocycles. The molecule has 8 nitrogen and oxygen atoms in total. The third kappa shape index (κ3) is 6.22. The number of amides is 1. The summed E-state index contributed by atoms with van der Waals surface area (Å²) < 4.78 is 40.1. The molecule has 0 aromatic heterocycles. The number of nitrogens with zero attached hydrogens (tertiary/aromatic N) is 2. The fourth-order valence-corrected chi connectivity index (χ4v) is 7.80. The van der Waals surface area contributed by atoms with Gasteiger partial charge < -0.3 is 19.5 Å². The molecule has 0 spiro atoms. The number of hydrogen-bond acceptors (Lipinski definition) is 6. The lowest BCUT2D eigenvalue weighted by molar-refractivity contribution is -0.137. The highest BCUT2D eigenvalue weighted by molar-refractivity contribution is 7.89. The Hall–Kier alpha value is -2.46. The summed E-state index contributed by atoms with van der Waals surface area (Å²) in [6.45, 7) is 5.55. The van der Waals surface area contributed by atoms with Crippen molar-refractivity contribution in [3.63, 3.8) is 0 Å². The fourth-order valence-electron chi connectivity index (χ4n) is 5.71. The second-order valence-corrected chi connectivity index (χ2v) is 12.3. The van der Waals surface area contributed by atoms with Crippen molar-refractivity contribution in [2.45, 2.75) is 68.9 Å². The molecule has 2 aromatic carbocycles. The van der Waals surface area contributed by atoms with Gasteiger partial charge in [-0.3, -0.25) is 4.79 Å². The Kier molecular flexibility index (Phi) is 9.13. The SMILES string of the molecule is COc1cc(C)c(S(=O)(=O)N2CCCCC2COCCC(=O)N2CCC(O)(c3ccccc3)CC2)c(C)c1. The highest BCUT2D eigenvalue weighted by Gasteiger charge is 2.37. The van der Waals surface area contributed by atoms with Crippen LogP contribution in [0.2, 0.25) is 0 Å². The van der Waals surface area contributed by atoms with Crippen LogP contribution in [0.3, 0.4) is 0 Å². The summed E-state index contributed by atoms with van der Waals surface area (Å²) >= 11 is 0. The highest BCUT2D eigenvalue weighted by atomic mass is 32.2. The summed E-state index contributed by atoms with van der Waals surface area (Å²) in [7, 11) is -2.13. The maximum absolute atomic E-state index is 13.7. The van der Waals surface area contributed by atoms with Gasteiger partial charge in [0.2, 0.25) is 15.9 Å². The van der Waals surface area contributed by atoms with Crippen LogP contribution in [0.25, 0.3) is 0 Å². The van der Waals surface area contributed by atoms with Crippen LogP contribution in [-0.4, -0.2) is 74.6 Å². The lowest BCUT2D eigenvalue weighted by Gasteiger charge is -2.38. The zero-order chi connectivity index (χ0) is 27.3. The average molecular weight is 545 g/mol. The molecule has 0 aliphatic carbocycles. The van der Waals surface area contributed by atoms with Gasteiger partial charge in [-0.1, -0.05) is 36.8 Å². The highest BCUT2D eigenvalue weighted by Crippen LogP contribution is 2.33. The monoisotopic (exact) mass is 544 g/mol. The fraction of sp³-hybridized carbons (Fsp3) is 0.552. The molecule has 4 rings (SSSR count). The van der Waals surface area contributed by atoms with Gasteiger partial charge in [0.1, 0.15) is 5.75 Å². The minimum Gasteiger partial charge on any atom is -0.497 e. The number of aryl methyl sites for hydroxylation is 2. The minimum absolute atomic E-state index is 0.00211. The summed E-state index contributed by atoms with van der Waals surface area (Å²) in [6.07, 6.45) is 3.72. The van der Waals surface area contributed by atoms with E-state index in [-0.39, 0.29) is 31.6 Å². The first-order valence-electron chi connectivity index (χ1n) is 13.5. The number of hydrogen-bond donors (Lipinski definition) is 1. The van der Waals surface area contributed by atoms with Crippen molar-refractivity contribution in [1.82, 2.24) is 9.21 Å². The predicted molar refractivity (Wildman–Crippen MR) is 146 cm³/mol. The molecule has 1 atom stereocenters. The second-order valence-electron chi connectivity index (χ2n) is 10.5. The van der Waals surface area contributed by atoms with Gasteiger partial charge in [-0.25, -0.2) is 8.42 Å². The standard InChI is InChI=1S/C29H40N2O6S/c1-22-19-26(36-3)20-23(2)28(22)38(34,35)31-15-8-7-11-25(31)21-37-18-12-27(32)30-16-13-29(33,14-17-30)24-9-5-4-6-10-24/h4-6,9-10,19-20,25,33H,7-8,11-18,21H2,1-3H3. The first kappa shape index (κ1) is 28.5. The molecular weight excluding hydrogens is 504 g/mol. The largest absolute Gasteiger partial charge is 0.497 e. The van der Waals surface area contributed by atoms with Crippen molar-refractivity contribution in [2.24, 2.45) is 0 Å². The number of methoxy groups -OCH3 is 1. The van der Waals surface area contributed by atoms with E-state index in [0.29, 0.717) is 54.2 Å². The number of piperidine rings is 2. The van der Waals surface area contributed by atoms with Gasteiger partial charge in [-0.05, 0) is 68.4 Å². The van der Waals surface area contributed by atoms with E-state index in [2.05, 4.69) is 0 Å². The molecule has 2 aliphatic heterocycles. The Labute approximate surface area is 226 Å². The van der Waals surface area contributed by atoms with Crippen molar-refractivity contribution in [3.8, 4) is 5.75 Å². The van der Waals surface area contributed by atoms with Crippen LogP contribution in [0.4, 0.5) is 0 Å². The van der Waals surface area contributed by atoms with Crippen LogP contribution in [0.15, 0.2) is 47.4 Å². The normalized spacial score (nSPS) is 20.3. The number of carbonyl (C=O) groups is 1. The first-order valence-corrected chi connectivity index (χ1v) is 14.9. The molecule has 38 heavy (non-hydrogen) atoms. The smallest absolute Gasteiger partial charge is 0.243 e. The molecular formula is C29H40N2O6S. The molecule has 2 aromatic rings. The van der Waals surface area contributed by atoms with Gasteiger partial charge >= 0.3 is 0 Å². The van der Waals surface area contributed by atoms with Gasteiger partial charge in [0.25, 0.3) is 0 Å². The van der Waals surface area contributed by atoms with Crippen LogP contribution < -0.4 is 4.74 Å². The topological polar surface area (TPSA) is 96.4 Å². The Bertz CT molecular complexity index is 1190. The summed E-state index contributed by atoms with van der Waals surface area (Å²) in [6, 6.07) is 12.9. The molecule has 1 unspecified atom stereocenters. The molecule has 2 heterocycles. The van der Waals surface area contributed by atoms with Crippen LogP contribution in [-0.2, 0) is 25.2 Å². The van der Waals surface area contributed by atoms with E-state index in [0.717, 1.165) is 24.8 Å². The van der Waals surface area contributed by atoms with Crippen LogP contribution in [0.5, 0.6) is 5.75 Å². The zero-order valence-corrected chi connectivity index (χ0v) is 23.5. The van der Waals surface area contributed by atoms with E-state index >= 15 is 0 Å². The van der Waals surface area contributed by atoms with E-state index in [4.69, 9.17) is 9.47 Å². The van der Waals surface area contributed by atoms with Gasteiger partial charge in [0, 0.05) is 25.7 Å². The number of likely N-dealkylation sites (tertiary alicyclic amines) is 1. The molecule has 0 bridgehead atoms. The van der Waals surface area contributed by atoms with Crippen LogP contribution in [0, 0.1) is 13.8 Å². The number of ether oxygens (including phenoxy) is 2. The maximum Gasteiger partial charge on any atom is 0.243 e. The van der Waals surface area contributed by atoms with Crippen molar-refractivity contribution >= 4 is 15.9 Å². The molecule has 1 N–H and O–H groups in total. The molecule has 2 aliphatic rings. The number of aliphatic hydroxyl groups is 1. The number of carbonyl (C=O) groups excluding carboxylic acids is 1. The molecule has 2 fully saturated rings. The van der Waals surface area contributed by atoms with Crippen LogP contribution >= 0.6 is 0 Å². The third-order valence-electron chi connectivity index (χ3n) is 7.83.